The van der Waals surface area contributed by atoms with Crippen LogP contribution in [0.1, 0.15) is 32.1 Å². The number of rotatable bonds is 8. The van der Waals surface area contributed by atoms with Crippen LogP contribution in [0, 0.1) is 5.82 Å². The molecule has 6 nitrogen and oxygen atoms in total. The molecule has 0 aliphatic carbocycles. The Labute approximate surface area is 136 Å². The Hall–Kier alpha value is -1.70. The molecule has 0 bridgehead atoms. The normalized spacial score (nSPS) is 11.5. The molecule has 0 aromatic carbocycles. The summed E-state index contributed by atoms with van der Waals surface area (Å²) in [6.07, 6.45) is 5.98. The molecule has 23 heavy (non-hydrogen) atoms. The van der Waals surface area contributed by atoms with Gasteiger partial charge in [-0.05, 0) is 6.42 Å². The number of aromatic amines is 1. The van der Waals surface area contributed by atoms with Crippen molar-refractivity contribution in [2.45, 2.75) is 57.8 Å². The van der Waals surface area contributed by atoms with Gasteiger partial charge >= 0.3 is 11.7 Å². The van der Waals surface area contributed by atoms with Crippen molar-refractivity contribution >= 4 is 14.1 Å². The lowest BCUT2D eigenvalue weighted by Gasteiger charge is -2.14. The van der Waals surface area contributed by atoms with Crippen LogP contribution in [-0.4, -0.2) is 30.2 Å². The van der Waals surface area contributed by atoms with Gasteiger partial charge in [0, 0.05) is 14.6 Å². The summed E-state index contributed by atoms with van der Waals surface area (Å²) < 4.78 is 13.6. The lowest BCUT2D eigenvalue weighted by Crippen LogP contribution is -2.40. The number of nitrogens with one attached hydrogen (secondary N) is 2. The molecule has 0 fully saturated rings. The summed E-state index contributed by atoms with van der Waals surface area (Å²) in [5.74, 6) is -1.16. The lowest BCUT2D eigenvalue weighted by molar-refractivity contribution is 0.240. The molecule has 2 N–H and O–H groups in total. The summed E-state index contributed by atoms with van der Waals surface area (Å²) in [7, 11) is -0.944. The van der Waals surface area contributed by atoms with E-state index < -0.39 is 31.2 Å². The molecule has 1 amide bonds. The van der Waals surface area contributed by atoms with E-state index in [0.29, 0.717) is 17.3 Å². The third-order valence-electron chi connectivity index (χ3n) is 3.50. The molecule has 0 saturated carbocycles. The van der Waals surface area contributed by atoms with Gasteiger partial charge in [-0.1, -0.05) is 51.4 Å². The number of halogens is 1. The highest BCUT2D eigenvalue weighted by atomic mass is 28.3. The Morgan fingerprint density at radius 2 is 1.78 bits per heavy atom. The second kappa shape index (κ2) is 8.81. The standard InChI is InChI=1S/C15H26FN3O3Si/c1-23(2,3)10-8-6-4-5-7-9-17-14(21)19-11-12(16)13(20)18-15(19)22/h11H,4-10H2,1-3H3,(H,17,21)(H,18,20,22). The van der Waals surface area contributed by atoms with Gasteiger partial charge in [-0.2, -0.15) is 4.39 Å². The number of hydrogen-bond acceptors (Lipinski definition) is 3. The van der Waals surface area contributed by atoms with Gasteiger partial charge in [-0.25, -0.2) is 14.2 Å². The van der Waals surface area contributed by atoms with Gasteiger partial charge in [0.1, 0.15) is 0 Å². The molecule has 1 aromatic rings. The van der Waals surface area contributed by atoms with E-state index in [9.17, 15) is 18.8 Å². The molecule has 130 valence electrons. The average molecular weight is 343 g/mol. The van der Waals surface area contributed by atoms with Crippen LogP contribution >= 0.6 is 0 Å². The van der Waals surface area contributed by atoms with E-state index in [2.05, 4.69) is 25.0 Å². The maximum Gasteiger partial charge on any atom is 0.336 e. The molecule has 1 rings (SSSR count). The summed E-state index contributed by atoms with van der Waals surface area (Å²) in [4.78, 5) is 35.8. The number of amides is 1. The van der Waals surface area contributed by atoms with Crippen molar-refractivity contribution in [3.63, 3.8) is 0 Å². The van der Waals surface area contributed by atoms with Crippen molar-refractivity contribution < 1.29 is 9.18 Å². The highest BCUT2D eigenvalue weighted by Crippen LogP contribution is 2.14. The Balaban J connectivity index is 2.24. The van der Waals surface area contributed by atoms with Gasteiger partial charge in [-0.15, -0.1) is 0 Å². The molecule has 1 heterocycles. The first-order valence-corrected chi connectivity index (χ1v) is 11.7. The number of hydrogen-bond donors (Lipinski definition) is 2. The summed E-state index contributed by atoms with van der Waals surface area (Å²) in [6, 6.07) is 0.605. The smallest absolute Gasteiger partial charge is 0.336 e. The van der Waals surface area contributed by atoms with Gasteiger partial charge in [0.15, 0.2) is 0 Å². The SMILES string of the molecule is C[Si](C)(C)CCCCCCCNC(=O)n1cc(F)c(=O)[nH]c1=O. The van der Waals surface area contributed by atoms with E-state index in [4.69, 9.17) is 0 Å². The van der Waals surface area contributed by atoms with Crippen molar-refractivity contribution in [1.29, 1.82) is 0 Å². The Kier molecular flexibility index (Phi) is 7.41. The topological polar surface area (TPSA) is 84.0 Å². The molecular formula is C15H26FN3O3Si. The number of H-pyrrole nitrogens is 1. The fourth-order valence-corrected chi connectivity index (χ4v) is 3.50. The number of carbonyl (C=O) groups is 1. The van der Waals surface area contributed by atoms with Crippen LogP contribution in [0.25, 0.3) is 0 Å². The first-order chi connectivity index (χ1) is 10.7. The number of nitrogens with zero attached hydrogens (tertiary/aromatic N) is 1. The Bertz CT molecular complexity index is 634. The van der Waals surface area contributed by atoms with Crippen molar-refractivity contribution in [1.82, 2.24) is 14.9 Å². The van der Waals surface area contributed by atoms with Crippen molar-refractivity contribution in [3.8, 4) is 0 Å². The zero-order valence-electron chi connectivity index (χ0n) is 14.1. The number of carbonyl (C=O) groups excluding carboxylic acids is 1. The van der Waals surface area contributed by atoms with Gasteiger partial charge in [0.2, 0.25) is 5.82 Å². The van der Waals surface area contributed by atoms with Gasteiger partial charge in [0.05, 0.1) is 6.20 Å². The third-order valence-corrected chi connectivity index (χ3v) is 5.35. The minimum atomic E-state index is -1.16. The highest BCUT2D eigenvalue weighted by molar-refractivity contribution is 6.76. The van der Waals surface area contributed by atoms with E-state index in [-0.39, 0.29) is 0 Å². The van der Waals surface area contributed by atoms with E-state index in [1.54, 1.807) is 4.98 Å². The quantitative estimate of drug-likeness (QED) is 0.562. The van der Waals surface area contributed by atoms with Crippen LogP contribution in [0.5, 0.6) is 0 Å². The largest absolute Gasteiger partial charge is 0.337 e. The van der Waals surface area contributed by atoms with Gasteiger partial charge in [0.25, 0.3) is 5.56 Å². The van der Waals surface area contributed by atoms with Crippen molar-refractivity contribution in [3.05, 3.63) is 32.9 Å². The van der Waals surface area contributed by atoms with Crippen molar-refractivity contribution in [2.24, 2.45) is 0 Å². The molecule has 1 aromatic heterocycles. The predicted molar refractivity (Wildman–Crippen MR) is 91.3 cm³/mol. The minimum absolute atomic E-state index is 0.417. The zero-order chi connectivity index (χ0) is 17.5. The first kappa shape index (κ1) is 19.3. The Morgan fingerprint density at radius 1 is 1.17 bits per heavy atom. The molecular weight excluding hydrogens is 317 g/mol. The molecule has 0 radical (unpaired) electrons. The van der Waals surface area contributed by atoms with Crippen LogP contribution in [0.15, 0.2) is 15.8 Å². The maximum atomic E-state index is 13.1. The van der Waals surface area contributed by atoms with Gasteiger partial charge in [-0.3, -0.25) is 9.78 Å². The van der Waals surface area contributed by atoms with Gasteiger partial charge < -0.3 is 5.32 Å². The molecule has 0 aliphatic rings. The second-order valence-corrected chi connectivity index (χ2v) is 12.5. The molecule has 0 spiro atoms. The summed E-state index contributed by atoms with van der Waals surface area (Å²) >= 11 is 0. The van der Waals surface area contributed by atoms with E-state index in [0.717, 1.165) is 19.3 Å². The van der Waals surface area contributed by atoms with Crippen LogP contribution in [-0.2, 0) is 0 Å². The second-order valence-electron chi connectivity index (χ2n) is 6.92. The summed E-state index contributed by atoms with van der Waals surface area (Å²) in [5, 5.41) is 2.54. The fourth-order valence-electron chi connectivity index (χ4n) is 2.19. The lowest BCUT2D eigenvalue weighted by atomic mass is 10.1. The fraction of sp³-hybridized carbons (Fsp3) is 0.667. The number of aromatic nitrogens is 2. The van der Waals surface area contributed by atoms with Crippen molar-refractivity contribution in [2.75, 3.05) is 6.54 Å². The third kappa shape index (κ3) is 7.40. The molecule has 0 unspecified atom stereocenters. The summed E-state index contributed by atoms with van der Waals surface area (Å²) in [5.41, 5.74) is -2.07. The molecule has 8 heteroatoms. The monoisotopic (exact) mass is 343 g/mol. The summed E-state index contributed by atoms with van der Waals surface area (Å²) in [6.45, 7) is 7.51. The Morgan fingerprint density at radius 3 is 2.43 bits per heavy atom. The molecule has 0 aliphatic heterocycles. The van der Waals surface area contributed by atoms with Crippen LogP contribution in [0.3, 0.4) is 0 Å². The average Bonchev–Trinajstić information content (AvgIpc) is 2.44. The maximum absolute atomic E-state index is 13.1. The highest BCUT2D eigenvalue weighted by Gasteiger charge is 2.12. The molecule has 0 saturated heterocycles. The molecule has 0 atom stereocenters. The van der Waals surface area contributed by atoms with E-state index in [1.807, 2.05) is 0 Å². The van der Waals surface area contributed by atoms with Crippen LogP contribution < -0.4 is 16.6 Å². The predicted octanol–water partition coefficient (Wildman–Crippen LogP) is 2.52. The zero-order valence-corrected chi connectivity index (χ0v) is 15.1. The van der Waals surface area contributed by atoms with E-state index >= 15 is 0 Å². The van der Waals surface area contributed by atoms with E-state index in [1.165, 1.54) is 18.9 Å². The van der Waals surface area contributed by atoms with Crippen LogP contribution in [0.4, 0.5) is 9.18 Å². The van der Waals surface area contributed by atoms with Crippen LogP contribution in [0.2, 0.25) is 25.7 Å². The number of unbranched alkanes of at least 4 members (excludes halogenated alkanes) is 4. The minimum Gasteiger partial charge on any atom is -0.337 e. The first-order valence-electron chi connectivity index (χ1n) is 8.00.